The third-order valence-electron chi connectivity index (χ3n) is 10.3. The van der Waals surface area contributed by atoms with Gasteiger partial charge in [-0.25, -0.2) is 0 Å². The number of hydrogen-bond acceptors (Lipinski definition) is 1. The minimum absolute atomic E-state index is 0.518. The molecular formula is C26H45N. The van der Waals surface area contributed by atoms with Crippen LogP contribution in [0.15, 0.2) is 0 Å². The van der Waals surface area contributed by atoms with Crippen LogP contribution >= 0.6 is 0 Å². The van der Waals surface area contributed by atoms with Crippen LogP contribution in [0, 0.1) is 47.3 Å². The van der Waals surface area contributed by atoms with Crippen molar-refractivity contribution in [3.05, 3.63) is 0 Å². The Balaban J connectivity index is 1.44. The summed E-state index contributed by atoms with van der Waals surface area (Å²) in [6.45, 7) is 0. The molecule has 4 atom stereocenters. The van der Waals surface area contributed by atoms with Gasteiger partial charge in [-0.3, -0.25) is 0 Å². The normalized spacial score (nSPS) is 49.2. The van der Waals surface area contributed by atoms with Crippen molar-refractivity contribution in [3.63, 3.8) is 0 Å². The van der Waals surface area contributed by atoms with E-state index in [1.54, 1.807) is 77.0 Å². The zero-order valence-electron chi connectivity index (χ0n) is 17.8. The molecule has 0 saturated heterocycles. The largest absolute Gasteiger partial charge is 0.328 e. The Morgan fingerprint density at radius 2 is 0.741 bits per heavy atom. The predicted octanol–water partition coefficient (Wildman–Crippen LogP) is 6.94. The molecule has 1 nitrogen and oxygen atoms in total. The van der Waals surface area contributed by atoms with Gasteiger partial charge >= 0.3 is 0 Å². The SMILES string of the molecule is NC1CCC(C2C3CCCCC3C(C3CCCCC3)C3CCCCC32)CC1. The van der Waals surface area contributed by atoms with Crippen molar-refractivity contribution < 1.29 is 0 Å². The Kier molecular flexibility index (Phi) is 5.88. The maximum absolute atomic E-state index is 6.31. The van der Waals surface area contributed by atoms with Crippen molar-refractivity contribution in [2.24, 2.45) is 53.1 Å². The quantitative estimate of drug-likeness (QED) is 0.559. The molecule has 2 N–H and O–H groups in total. The summed E-state index contributed by atoms with van der Waals surface area (Å²) in [4.78, 5) is 0. The highest BCUT2D eigenvalue weighted by molar-refractivity contribution is 5.03. The van der Waals surface area contributed by atoms with E-state index in [-0.39, 0.29) is 0 Å². The molecule has 5 aliphatic rings. The highest BCUT2D eigenvalue weighted by Gasteiger charge is 2.54. The molecule has 4 unspecified atom stereocenters. The maximum atomic E-state index is 6.31. The van der Waals surface area contributed by atoms with Crippen LogP contribution < -0.4 is 5.73 Å². The van der Waals surface area contributed by atoms with E-state index in [0.717, 1.165) is 47.3 Å². The molecule has 0 aromatic rings. The second-order valence-corrected chi connectivity index (χ2v) is 11.5. The highest BCUT2D eigenvalue weighted by atomic mass is 14.6. The molecule has 0 aromatic carbocycles. The van der Waals surface area contributed by atoms with Crippen molar-refractivity contribution in [2.75, 3.05) is 0 Å². The lowest BCUT2D eigenvalue weighted by atomic mass is 9.45. The van der Waals surface area contributed by atoms with Crippen LogP contribution in [0.5, 0.6) is 0 Å². The van der Waals surface area contributed by atoms with Gasteiger partial charge < -0.3 is 5.73 Å². The standard InChI is InChI=1S/C26H45N/c27-20-16-14-19(15-17-20)26-23-12-6-4-10-21(23)25(18-8-2-1-3-9-18)22-11-5-7-13-24(22)26/h18-26H,1-17,27H2. The van der Waals surface area contributed by atoms with E-state index in [1.165, 1.54) is 32.1 Å². The fourth-order valence-electron chi connectivity index (χ4n) is 9.37. The van der Waals surface area contributed by atoms with Crippen molar-refractivity contribution >= 4 is 0 Å². The van der Waals surface area contributed by atoms with E-state index in [1.807, 2.05) is 0 Å². The first kappa shape index (κ1) is 19.0. The van der Waals surface area contributed by atoms with Crippen molar-refractivity contribution in [1.29, 1.82) is 0 Å². The molecule has 5 saturated carbocycles. The molecule has 0 radical (unpaired) electrons. The Hall–Kier alpha value is -0.0400. The Bertz CT molecular complexity index is 449. The molecule has 0 aliphatic heterocycles. The highest BCUT2D eigenvalue weighted by Crippen LogP contribution is 2.61. The molecule has 0 heterocycles. The van der Waals surface area contributed by atoms with Gasteiger partial charge in [-0.1, -0.05) is 57.8 Å². The summed E-state index contributed by atoms with van der Waals surface area (Å²) < 4.78 is 0. The predicted molar refractivity (Wildman–Crippen MR) is 114 cm³/mol. The average Bonchev–Trinajstić information content (AvgIpc) is 2.73. The smallest absolute Gasteiger partial charge is 0.00390 e. The van der Waals surface area contributed by atoms with Gasteiger partial charge in [0.1, 0.15) is 0 Å². The van der Waals surface area contributed by atoms with E-state index >= 15 is 0 Å². The van der Waals surface area contributed by atoms with E-state index < -0.39 is 0 Å². The maximum Gasteiger partial charge on any atom is 0.00390 e. The summed E-state index contributed by atoms with van der Waals surface area (Å²) in [6.07, 6.45) is 25.9. The van der Waals surface area contributed by atoms with Crippen LogP contribution in [0.25, 0.3) is 0 Å². The van der Waals surface area contributed by atoms with Crippen LogP contribution in [0.3, 0.4) is 0 Å². The Labute approximate surface area is 168 Å². The lowest BCUT2D eigenvalue weighted by Crippen LogP contribution is -2.53. The molecular weight excluding hydrogens is 326 g/mol. The van der Waals surface area contributed by atoms with E-state index in [0.29, 0.717) is 6.04 Å². The van der Waals surface area contributed by atoms with E-state index in [9.17, 15) is 0 Å². The van der Waals surface area contributed by atoms with Gasteiger partial charge in [-0.15, -0.1) is 0 Å². The van der Waals surface area contributed by atoms with Crippen LogP contribution in [0.4, 0.5) is 0 Å². The first-order valence-electron chi connectivity index (χ1n) is 13.1. The molecule has 154 valence electrons. The Morgan fingerprint density at radius 1 is 0.370 bits per heavy atom. The van der Waals surface area contributed by atoms with Gasteiger partial charge in [0.15, 0.2) is 0 Å². The van der Waals surface area contributed by atoms with Gasteiger partial charge in [0, 0.05) is 6.04 Å². The summed E-state index contributed by atoms with van der Waals surface area (Å²) >= 11 is 0. The first-order chi connectivity index (χ1) is 13.3. The summed E-state index contributed by atoms with van der Waals surface area (Å²) in [7, 11) is 0. The summed E-state index contributed by atoms with van der Waals surface area (Å²) in [5.41, 5.74) is 6.31. The topological polar surface area (TPSA) is 26.0 Å². The van der Waals surface area contributed by atoms with Gasteiger partial charge in [-0.2, -0.15) is 0 Å². The second kappa shape index (κ2) is 8.37. The van der Waals surface area contributed by atoms with Crippen molar-refractivity contribution in [2.45, 2.75) is 115 Å². The summed E-state index contributed by atoms with van der Waals surface area (Å²) in [5, 5.41) is 0. The molecule has 0 aromatic heterocycles. The number of nitrogens with two attached hydrogens (primary N) is 1. The minimum Gasteiger partial charge on any atom is -0.328 e. The number of rotatable bonds is 2. The van der Waals surface area contributed by atoms with E-state index in [2.05, 4.69) is 0 Å². The fourth-order valence-corrected chi connectivity index (χ4v) is 9.37. The first-order valence-corrected chi connectivity index (χ1v) is 13.1. The van der Waals surface area contributed by atoms with Crippen LogP contribution in [-0.2, 0) is 0 Å². The van der Waals surface area contributed by atoms with Gasteiger partial charge in [0.2, 0.25) is 0 Å². The average molecular weight is 372 g/mol. The number of hydrogen-bond donors (Lipinski definition) is 1. The molecule has 0 bridgehead atoms. The lowest BCUT2D eigenvalue weighted by Gasteiger charge is -2.60. The monoisotopic (exact) mass is 371 g/mol. The van der Waals surface area contributed by atoms with Crippen molar-refractivity contribution in [3.8, 4) is 0 Å². The molecule has 5 aliphatic carbocycles. The molecule has 1 heteroatoms. The third-order valence-corrected chi connectivity index (χ3v) is 10.3. The lowest BCUT2D eigenvalue weighted by molar-refractivity contribution is -0.112. The molecule has 5 rings (SSSR count). The summed E-state index contributed by atoms with van der Waals surface area (Å²) in [6, 6.07) is 0.518. The van der Waals surface area contributed by atoms with Gasteiger partial charge in [-0.05, 0) is 98.7 Å². The van der Waals surface area contributed by atoms with Crippen LogP contribution in [0.1, 0.15) is 109 Å². The number of fused-ring (bicyclic) bond motifs is 2. The minimum atomic E-state index is 0.518. The van der Waals surface area contributed by atoms with Gasteiger partial charge in [0.25, 0.3) is 0 Å². The molecule has 0 amide bonds. The zero-order chi connectivity index (χ0) is 18.2. The molecule has 5 fully saturated rings. The van der Waals surface area contributed by atoms with E-state index in [4.69, 9.17) is 5.73 Å². The van der Waals surface area contributed by atoms with Crippen LogP contribution in [-0.4, -0.2) is 6.04 Å². The second-order valence-electron chi connectivity index (χ2n) is 11.5. The molecule has 27 heavy (non-hydrogen) atoms. The van der Waals surface area contributed by atoms with Crippen LogP contribution in [0.2, 0.25) is 0 Å². The summed E-state index contributed by atoms with van der Waals surface area (Å²) in [5.74, 6) is 8.79. The molecule has 0 spiro atoms. The van der Waals surface area contributed by atoms with Gasteiger partial charge in [0.05, 0.1) is 0 Å². The van der Waals surface area contributed by atoms with Crippen molar-refractivity contribution in [1.82, 2.24) is 0 Å². The third kappa shape index (κ3) is 3.64. The fraction of sp³-hybridized carbons (Fsp3) is 1.00. The Morgan fingerprint density at radius 3 is 1.19 bits per heavy atom. The zero-order valence-corrected chi connectivity index (χ0v) is 17.8.